The summed E-state index contributed by atoms with van der Waals surface area (Å²) in [5, 5.41) is 16.3. The van der Waals surface area contributed by atoms with Gasteiger partial charge in [-0.1, -0.05) is 60.7 Å². The summed E-state index contributed by atoms with van der Waals surface area (Å²) in [6.07, 6.45) is 1.47. The molecular weight excluding hydrogens is 366 g/mol. The van der Waals surface area contributed by atoms with Gasteiger partial charge in [-0.05, 0) is 35.4 Å². The monoisotopic (exact) mass is 387 g/mol. The van der Waals surface area contributed by atoms with Crippen molar-refractivity contribution in [3.05, 3.63) is 102 Å². The number of nitrogens with one attached hydrogen (secondary N) is 2. The minimum Gasteiger partial charge on any atom is -0.508 e. The predicted octanol–water partition coefficient (Wildman–Crippen LogP) is 3.40. The fraction of sp³-hybridized carbons (Fsp3) is 0.0870. The third-order valence-electron chi connectivity index (χ3n) is 4.21. The van der Waals surface area contributed by atoms with Crippen LogP contribution in [0.2, 0.25) is 0 Å². The van der Waals surface area contributed by atoms with E-state index in [-0.39, 0.29) is 24.0 Å². The van der Waals surface area contributed by atoms with Crippen molar-refractivity contribution in [2.45, 2.75) is 12.5 Å². The summed E-state index contributed by atoms with van der Waals surface area (Å²) >= 11 is 0. The Morgan fingerprint density at radius 1 is 0.931 bits per heavy atom. The molecule has 1 atom stereocenters. The van der Waals surface area contributed by atoms with Gasteiger partial charge in [-0.2, -0.15) is 5.10 Å². The van der Waals surface area contributed by atoms with Crippen LogP contribution in [0.5, 0.6) is 5.75 Å². The van der Waals surface area contributed by atoms with E-state index in [1.807, 2.05) is 36.4 Å². The molecule has 2 amide bonds. The Morgan fingerprint density at radius 3 is 2.31 bits per heavy atom. The molecule has 0 saturated carbocycles. The average Bonchev–Trinajstić information content (AvgIpc) is 2.74. The number of aromatic hydroxyl groups is 1. The Labute approximate surface area is 168 Å². The number of rotatable bonds is 7. The zero-order chi connectivity index (χ0) is 20.5. The van der Waals surface area contributed by atoms with Crippen molar-refractivity contribution in [1.29, 1.82) is 0 Å². The van der Waals surface area contributed by atoms with Crippen LogP contribution < -0.4 is 10.7 Å². The molecule has 0 aliphatic carbocycles. The second-order valence-electron chi connectivity index (χ2n) is 6.40. The second-order valence-corrected chi connectivity index (χ2v) is 6.40. The summed E-state index contributed by atoms with van der Waals surface area (Å²) < 4.78 is 0. The molecule has 0 saturated heterocycles. The van der Waals surface area contributed by atoms with Crippen LogP contribution in [0.25, 0.3) is 0 Å². The van der Waals surface area contributed by atoms with E-state index < -0.39 is 6.04 Å². The van der Waals surface area contributed by atoms with Gasteiger partial charge in [-0.15, -0.1) is 0 Å². The Bertz CT molecular complexity index is 989. The van der Waals surface area contributed by atoms with E-state index in [1.54, 1.807) is 42.5 Å². The van der Waals surface area contributed by atoms with E-state index in [9.17, 15) is 14.7 Å². The molecule has 0 unspecified atom stereocenters. The first-order valence-corrected chi connectivity index (χ1v) is 9.13. The lowest BCUT2D eigenvalue weighted by atomic mass is 10.0. The van der Waals surface area contributed by atoms with Crippen LogP contribution in [0.3, 0.4) is 0 Å². The van der Waals surface area contributed by atoms with Gasteiger partial charge in [0.25, 0.3) is 5.91 Å². The van der Waals surface area contributed by atoms with Crippen molar-refractivity contribution in [2.24, 2.45) is 5.10 Å². The Morgan fingerprint density at radius 2 is 1.62 bits per heavy atom. The standard InChI is InChI=1S/C23H21N3O3/c27-20-13-7-8-17(14-20)16-24-26-22(28)15-21(18-9-3-1-4-10-18)25-23(29)19-11-5-2-6-12-19/h1-14,16,21,27H,15H2,(H,25,29)(H,26,28)/b24-16-/t21-/m0/s1. The Hall–Kier alpha value is -3.93. The van der Waals surface area contributed by atoms with E-state index in [1.165, 1.54) is 12.3 Å². The van der Waals surface area contributed by atoms with E-state index in [4.69, 9.17) is 0 Å². The van der Waals surface area contributed by atoms with Gasteiger partial charge in [0, 0.05) is 5.56 Å². The topological polar surface area (TPSA) is 90.8 Å². The summed E-state index contributed by atoms with van der Waals surface area (Å²) in [6, 6.07) is 24.2. The number of carbonyl (C=O) groups is 2. The largest absolute Gasteiger partial charge is 0.508 e. The van der Waals surface area contributed by atoms with Crippen LogP contribution in [0.4, 0.5) is 0 Å². The van der Waals surface area contributed by atoms with Gasteiger partial charge >= 0.3 is 0 Å². The SMILES string of the molecule is O=C(C[C@H](NC(=O)c1ccccc1)c1ccccc1)N/N=C\c1cccc(O)c1. The summed E-state index contributed by atoms with van der Waals surface area (Å²) in [6.45, 7) is 0. The summed E-state index contributed by atoms with van der Waals surface area (Å²) in [4.78, 5) is 24.9. The number of amides is 2. The molecule has 0 radical (unpaired) electrons. The summed E-state index contributed by atoms with van der Waals surface area (Å²) in [5.41, 5.74) is 4.46. The lowest BCUT2D eigenvalue weighted by Crippen LogP contribution is -2.32. The van der Waals surface area contributed by atoms with Crippen molar-refractivity contribution in [3.8, 4) is 5.75 Å². The average molecular weight is 387 g/mol. The van der Waals surface area contributed by atoms with Crippen molar-refractivity contribution in [1.82, 2.24) is 10.7 Å². The molecule has 0 fully saturated rings. The van der Waals surface area contributed by atoms with Gasteiger partial charge in [-0.25, -0.2) is 5.43 Å². The zero-order valence-electron chi connectivity index (χ0n) is 15.7. The van der Waals surface area contributed by atoms with Crippen LogP contribution in [0.1, 0.15) is 33.9 Å². The molecule has 0 aliphatic rings. The first kappa shape index (κ1) is 19.8. The molecular formula is C23H21N3O3. The van der Waals surface area contributed by atoms with Crippen molar-refractivity contribution in [3.63, 3.8) is 0 Å². The number of carbonyl (C=O) groups excluding carboxylic acids is 2. The highest BCUT2D eigenvalue weighted by Gasteiger charge is 2.19. The maximum atomic E-state index is 12.5. The highest BCUT2D eigenvalue weighted by Crippen LogP contribution is 2.17. The number of nitrogens with zero attached hydrogens (tertiary/aromatic N) is 1. The third kappa shape index (κ3) is 6.04. The van der Waals surface area contributed by atoms with E-state index in [0.29, 0.717) is 11.1 Å². The molecule has 3 aromatic carbocycles. The molecule has 146 valence electrons. The molecule has 0 heterocycles. The summed E-state index contributed by atoms with van der Waals surface area (Å²) in [7, 11) is 0. The fourth-order valence-electron chi connectivity index (χ4n) is 2.78. The van der Waals surface area contributed by atoms with Crippen molar-refractivity contribution in [2.75, 3.05) is 0 Å². The predicted molar refractivity (Wildman–Crippen MR) is 112 cm³/mol. The quantitative estimate of drug-likeness (QED) is 0.429. The van der Waals surface area contributed by atoms with Gasteiger partial charge < -0.3 is 10.4 Å². The third-order valence-corrected chi connectivity index (χ3v) is 4.21. The van der Waals surface area contributed by atoms with Crippen LogP contribution in [-0.2, 0) is 4.79 Å². The minimum absolute atomic E-state index is 0.0277. The van der Waals surface area contributed by atoms with Crippen LogP contribution in [-0.4, -0.2) is 23.1 Å². The van der Waals surface area contributed by atoms with Gasteiger partial charge in [-0.3, -0.25) is 9.59 Å². The van der Waals surface area contributed by atoms with E-state index in [0.717, 1.165) is 5.56 Å². The van der Waals surface area contributed by atoms with Crippen LogP contribution in [0, 0.1) is 0 Å². The number of hydrazone groups is 1. The highest BCUT2D eigenvalue weighted by molar-refractivity contribution is 5.94. The Balaban J connectivity index is 1.66. The molecule has 0 aliphatic heterocycles. The van der Waals surface area contributed by atoms with E-state index >= 15 is 0 Å². The molecule has 3 N–H and O–H groups in total. The first-order chi connectivity index (χ1) is 14.1. The smallest absolute Gasteiger partial charge is 0.251 e. The number of phenolic OH excluding ortho intramolecular Hbond substituents is 1. The van der Waals surface area contributed by atoms with Crippen LogP contribution in [0.15, 0.2) is 90.0 Å². The molecule has 0 bridgehead atoms. The van der Waals surface area contributed by atoms with Gasteiger partial charge in [0.2, 0.25) is 5.91 Å². The molecule has 29 heavy (non-hydrogen) atoms. The number of benzene rings is 3. The molecule has 6 heteroatoms. The number of hydrogen-bond donors (Lipinski definition) is 3. The van der Waals surface area contributed by atoms with Gasteiger partial charge in [0.1, 0.15) is 5.75 Å². The normalized spacial score (nSPS) is 11.7. The van der Waals surface area contributed by atoms with Crippen molar-refractivity contribution >= 4 is 18.0 Å². The molecule has 0 aromatic heterocycles. The first-order valence-electron chi connectivity index (χ1n) is 9.13. The molecule has 0 spiro atoms. The molecule has 6 nitrogen and oxygen atoms in total. The molecule has 3 aromatic rings. The van der Waals surface area contributed by atoms with Gasteiger partial charge in [0.05, 0.1) is 18.7 Å². The van der Waals surface area contributed by atoms with Crippen LogP contribution >= 0.6 is 0 Å². The fourth-order valence-corrected chi connectivity index (χ4v) is 2.78. The summed E-state index contributed by atoms with van der Waals surface area (Å²) in [5.74, 6) is -0.479. The zero-order valence-corrected chi connectivity index (χ0v) is 15.7. The number of hydrogen-bond acceptors (Lipinski definition) is 4. The lowest BCUT2D eigenvalue weighted by Gasteiger charge is -2.18. The maximum absolute atomic E-state index is 12.5. The minimum atomic E-state index is -0.500. The lowest BCUT2D eigenvalue weighted by molar-refractivity contribution is -0.121. The molecule has 3 rings (SSSR count). The second kappa shape index (κ2) is 9.85. The maximum Gasteiger partial charge on any atom is 0.251 e. The Kier molecular flexibility index (Phi) is 6.73. The van der Waals surface area contributed by atoms with E-state index in [2.05, 4.69) is 15.8 Å². The number of phenols is 1. The highest BCUT2D eigenvalue weighted by atomic mass is 16.3. The van der Waals surface area contributed by atoms with Crippen molar-refractivity contribution < 1.29 is 14.7 Å². The van der Waals surface area contributed by atoms with Gasteiger partial charge in [0.15, 0.2) is 0 Å².